The van der Waals surface area contributed by atoms with Crippen LogP contribution in [0.25, 0.3) is 22.2 Å². The van der Waals surface area contributed by atoms with Crippen molar-refractivity contribution in [3.8, 4) is 11.3 Å². The number of ether oxygens (including phenoxy) is 1. The molecule has 0 atom stereocenters. The van der Waals surface area contributed by atoms with E-state index in [-0.39, 0.29) is 5.97 Å². The number of hydrogen-bond acceptors (Lipinski definition) is 6. The maximum atomic E-state index is 12.0. The van der Waals surface area contributed by atoms with Crippen LogP contribution in [0, 0.1) is 6.92 Å². The minimum atomic E-state index is -0.369. The number of aromatic amines is 1. The number of carbonyl (C=O) groups is 1. The number of rotatable bonds is 6. The number of H-pyrrole nitrogens is 1. The molecule has 0 amide bonds. The predicted molar refractivity (Wildman–Crippen MR) is 123 cm³/mol. The highest BCUT2D eigenvalue weighted by molar-refractivity contribution is 7.17. The molecule has 30 heavy (non-hydrogen) atoms. The second-order valence-electron chi connectivity index (χ2n) is 6.49. The first-order valence-corrected chi connectivity index (χ1v) is 10.6. The average molecular weight is 439 g/mol. The highest BCUT2D eigenvalue weighted by atomic mass is 35.5. The van der Waals surface area contributed by atoms with Crippen LogP contribution in [0.5, 0.6) is 0 Å². The lowest BCUT2D eigenvalue weighted by atomic mass is 10.1. The van der Waals surface area contributed by atoms with E-state index in [2.05, 4.69) is 20.5 Å². The molecule has 0 bridgehead atoms. The number of carbonyl (C=O) groups excluding carboxylic acids is 1. The van der Waals surface area contributed by atoms with Crippen LogP contribution in [-0.4, -0.2) is 28.8 Å². The van der Waals surface area contributed by atoms with E-state index in [1.807, 2.05) is 48.5 Å². The second kappa shape index (κ2) is 8.69. The van der Waals surface area contributed by atoms with Gasteiger partial charge in [-0.25, -0.2) is 9.78 Å². The number of anilines is 1. The van der Waals surface area contributed by atoms with Gasteiger partial charge in [0.25, 0.3) is 0 Å². The van der Waals surface area contributed by atoms with Gasteiger partial charge in [0, 0.05) is 21.5 Å². The number of nitrogens with zero attached hydrogens (tertiary/aromatic N) is 2. The number of esters is 1. The standard InChI is InChI=1S/C22H19ClN4O2S/c1-3-29-21(28)20-13(2)25-22(30-20)27-24-12-17-16-6-4-5-7-18(16)26-19(17)14-8-10-15(23)11-9-14/h4-12,26H,3H2,1-2H3,(H,25,27)/b24-12+. The predicted octanol–water partition coefficient (Wildman–Crippen LogP) is 5.88. The summed E-state index contributed by atoms with van der Waals surface area (Å²) >= 11 is 7.26. The number of nitrogens with one attached hydrogen (secondary N) is 2. The molecule has 4 rings (SSSR count). The summed E-state index contributed by atoms with van der Waals surface area (Å²) < 4.78 is 5.06. The zero-order chi connectivity index (χ0) is 21.1. The number of para-hydroxylation sites is 1. The van der Waals surface area contributed by atoms with Gasteiger partial charge in [-0.3, -0.25) is 5.43 Å². The maximum Gasteiger partial charge on any atom is 0.350 e. The van der Waals surface area contributed by atoms with Gasteiger partial charge in [-0.2, -0.15) is 5.10 Å². The SMILES string of the molecule is CCOC(=O)c1sc(N/N=C/c2c(-c3ccc(Cl)cc3)[nH]c3ccccc23)nc1C. The summed E-state index contributed by atoms with van der Waals surface area (Å²) in [6.45, 7) is 3.87. The summed E-state index contributed by atoms with van der Waals surface area (Å²) in [6.07, 6.45) is 1.75. The van der Waals surface area contributed by atoms with Gasteiger partial charge >= 0.3 is 5.97 Å². The van der Waals surface area contributed by atoms with Crippen LogP contribution in [0.4, 0.5) is 5.13 Å². The van der Waals surface area contributed by atoms with Crippen molar-refractivity contribution in [1.82, 2.24) is 9.97 Å². The van der Waals surface area contributed by atoms with Crippen molar-refractivity contribution < 1.29 is 9.53 Å². The van der Waals surface area contributed by atoms with Crippen molar-refractivity contribution in [1.29, 1.82) is 0 Å². The van der Waals surface area contributed by atoms with E-state index in [1.54, 1.807) is 20.1 Å². The second-order valence-corrected chi connectivity index (χ2v) is 7.93. The number of aromatic nitrogens is 2. The molecule has 0 saturated heterocycles. The molecule has 4 aromatic rings. The third-order valence-corrected chi connectivity index (χ3v) is 5.78. The van der Waals surface area contributed by atoms with E-state index < -0.39 is 0 Å². The summed E-state index contributed by atoms with van der Waals surface area (Å²) in [5.41, 5.74) is 7.45. The molecule has 0 fully saturated rings. The van der Waals surface area contributed by atoms with Gasteiger partial charge < -0.3 is 9.72 Å². The molecular weight excluding hydrogens is 420 g/mol. The van der Waals surface area contributed by atoms with Crippen LogP contribution < -0.4 is 5.43 Å². The van der Waals surface area contributed by atoms with E-state index in [0.29, 0.717) is 27.3 Å². The molecule has 8 heteroatoms. The van der Waals surface area contributed by atoms with Crippen LogP contribution in [-0.2, 0) is 4.74 Å². The topological polar surface area (TPSA) is 79.4 Å². The number of hydrogen-bond donors (Lipinski definition) is 2. The zero-order valence-electron chi connectivity index (χ0n) is 16.4. The lowest BCUT2D eigenvalue weighted by molar-refractivity contribution is 0.0531. The Hall–Kier alpha value is -3.16. The van der Waals surface area contributed by atoms with E-state index in [1.165, 1.54) is 11.3 Å². The number of hydrazone groups is 1. The first-order chi connectivity index (χ1) is 14.6. The maximum absolute atomic E-state index is 12.0. The van der Waals surface area contributed by atoms with Crippen LogP contribution in [0.3, 0.4) is 0 Å². The molecule has 152 valence electrons. The molecule has 2 aromatic heterocycles. The van der Waals surface area contributed by atoms with Crippen molar-refractivity contribution in [3.05, 3.63) is 69.7 Å². The van der Waals surface area contributed by atoms with Crippen LogP contribution in [0.1, 0.15) is 27.9 Å². The van der Waals surface area contributed by atoms with E-state index >= 15 is 0 Å². The largest absolute Gasteiger partial charge is 0.462 e. The van der Waals surface area contributed by atoms with Gasteiger partial charge in [-0.05, 0) is 37.6 Å². The van der Waals surface area contributed by atoms with Gasteiger partial charge in [0.2, 0.25) is 5.13 Å². The molecule has 0 aliphatic rings. The minimum Gasteiger partial charge on any atom is -0.462 e. The monoisotopic (exact) mass is 438 g/mol. The Morgan fingerprint density at radius 1 is 1.27 bits per heavy atom. The Balaban J connectivity index is 1.64. The Morgan fingerprint density at radius 3 is 2.80 bits per heavy atom. The van der Waals surface area contributed by atoms with Crippen LogP contribution in [0.15, 0.2) is 53.6 Å². The third-order valence-electron chi connectivity index (χ3n) is 4.49. The molecule has 2 N–H and O–H groups in total. The van der Waals surface area contributed by atoms with E-state index in [9.17, 15) is 4.79 Å². The molecule has 0 aliphatic carbocycles. The van der Waals surface area contributed by atoms with Crippen molar-refractivity contribution >= 4 is 51.2 Å². The Labute approximate surface area is 182 Å². The van der Waals surface area contributed by atoms with Gasteiger partial charge in [0.05, 0.1) is 24.2 Å². The van der Waals surface area contributed by atoms with Crippen molar-refractivity contribution in [3.63, 3.8) is 0 Å². The molecule has 0 unspecified atom stereocenters. The molecule has 0 spiro atoms. The number of halogens is 1. The molecule has 0 aliphatic heterocycles. The molecule has 6 nitrogen and oxygen atoms in total. The van der Waals surface area contributed by atoms with Gasteiger partial charge in [0.1, 0.15) is 4.88 Å². The first-order valence-electron chi connectivity index (χ1n) is 9.37. The normalized spacial score (nSPS) is 11.3. The quantitative estimate of drug-likeness (QED) is 0.224. The fourth-order valence-electron chi connectivity index (χ4n) is 3.12. The molecular formula is C22H19ClN4O2S. The summed E-state index contributed by atoms with van der Waals surface area (Å²) in [5, 5.41) is 6.63. The summed E-state index contributed by atoms with van der Waals surface area (Å²) in [4.78, 5) is 20.3. The molecule has 0 saturated carbocycles. The zero-order valence-corrected chi connectivity index (χ0v) is 18.0. The van der Waals surface area contributed by atoms with Crippen LogP contribution >= 0.6 is 22.9 Å². The highest BCUT2D eigenvalue weighted by Crippen LogP contribution is 2.30. The Bertz CT molecular complexity index is 1230. The Kier molecular flexibility index (Phi) is 5.83. The Morgan fingerprint density at radius 2 is 2.03 bits per heavy atom. The van der Waals surface area contributed by atoms with Gasteiger partial charge in [0.15, 0.2) is 0 Å². The summed E-state index contributed by atoms with van der Waals surface area (Å²) in [7, 11) is 0. The third kappa shape index (κ3) is 4.08. The van der Waals surface area contributed by atoms with Crippen LogP contribution in [0.2, 0.25) is 5.02 Å². The number of thiazole rings is 1. The van der Waals surface area contributed by atoms with E-state index in [4.69, 9.17) is 16.3 Å². The number of benzene rings is 2. The van der Waals surface area contributed by atoms with E-state index in [0.717, 1.165) is 27.7 Å². The molecule has 2 aromatic carbocycles. The van der Waals surface area contributed by atoms with Crippen molar-refractivity contribution in [2.24, 2.45) is 5.10 Å². The summed E-state index contributed by atoms with van der Waals surface area (Å²) in [6, 6.07) is 15.7. The lowest BCUT2D eigenvalue weighted by Crippen LogP contribution is -2.03. The number of fused-ring (bicyclic) bond motifs is 1. The van der Waals surface area contributed by atoms with Crippen molar-refractivity contribution in [2.45, 2.75) is 13.8 Å². The van der Waals surface area contributed by atoms with Crippen molar-refractivity contribution in [2.75, 3.05) is 12.0 Å². The lowest BCUT2D eigenvalue weighted by Gasteiger charge is -2.01. The van der Waals surface area contributed by atoms with Gasteiger partial charge in [-0.1, -0.05) is 53.3 Å². The van der Waals surface area contributed by atoms with Gasteiger partial charge in [-0.15, -0.1) is 0 Å². The molecule has 0 radical (unpaired) electrons. The number of aryl methyl sites for hydroxylation is 1. The fourth-order valence-corrected chi connectivity index (χ4v) is 4.06. The first kappa shape index (κ1) is 20.1. The minimum absolute atomic E-state index is 0.325. The average Bonchev–Trinajstić information content (AvgIpc) is 3.29. The molecule has 2 heterocycles. The smallest absolute Gasteiger partial charge is 0.350 e. The summed E-state index contributed by atoms with van der Waals surface area (Å²) in [5.74, 6) is -0.369. The fraction of sp³-hybridized carbons (Fsp3) is 0.136. The highest BCUT2D eigenvalue weighted by Gasteiger charge is 2.16.